The van der Waals surface area contributed by atoms with Gasteiger partial charge in [0.25, 0.3) is 0 Å². The van der Waals surface area contributed by atoms with Crippen LogP contribution < -0.4 is 4.74 Å². The molecule has 0 aliphatic rings. The number of hydrogen-bond donors (Lipinski definition) is 0. The average Bonchev–Trinajstić information content (AvgIpc) is 3.35. The zero-order valence-electron chi connectivity index (χ0n) is 18.4. The van der Waals surface area contributed by atoms with Gasteiger partial charge in [-0.05, 0) is 77.4 Å². The number of pyridine rings is 1. The zero-order valence-corrected chi connectivity index (χ0v) is 19.2. The van der Waals surface area contributed by atoms with Crippen molar-refractivity contribution in [1.29, 1.82) is 0 Å². The molecule has 4 rings (SSSR count). The molecule has 170 valence electrons. The van der Waals surface area contributed by atoms with Crippen LogP contribution >= 0.6 is 0 Å². The van der Waals surface area contributed by atoms with Gasteiger partial charge in [-0.2, -0.15) is 4.31 Å². The molecule has 9 nitrogen and oxygen atoms in total. The van der Waals surface area contributed by atoms with Crippen LogP contribution in [0.2, 0.25) is 0 Å². The monoisotopic (exact) mass is 464 g/mol. The number of rotatable bonds is 9. The molecular formula is C23H24N6O3S. The van der Waals surface area contributed by atoms with Crippen LogP contribution in [-0.4, -0.2) is 44.5 Å². The maximum atomic E-state index is 13.7. The van der Waals surface area contributed by atoms with E-state index >= 15 is 0 Å². The molecule has 0 atom stereocenters. The Bertz CT molecular complexity index is 1290. The van der Waals surface area contributed by atoms with E-state index in [1.165, 1.54) is 15.3 Å². The molecule has 33 heavy (non-hydrogen) atoms. The van der Waals surface area contributed by atoms with Gasteiger partial charge in [-0.15, -0.1) is 5.10 Å². The summed E-state index contributed by atoms with van der Waals surface area (Å²) in [5.74, 6) is 0.747. The molecule has 0 saturated heterocycles. The molecule has 0 aliphatic heterocycles. The second-order valence-electron chi connectivity index (χ2n) is 7.41. The van der Waals surface area contributed by atoms with Crippen LogP contribution in [0.5, 0.6) is 5.75 Å². The summed E-state index contributed by atoms with van der Waals surface area (Å²) < 4.78 is 35.8. The van der Waals surface area contributed by atoms with Crippen LogP contribution in [0.4, 0.5) is 0 Å². The molecule has 0 N–H and O–H groups in total. The number of benzene rings is 2. The summed E-state index contributed by atoms with van der Waals surface area (Å²) in [6, 6.07) is 16.0. The standard InChI is InChI=1S/C23H24N6O3S/c1-3-32-21-8-6-19(7-9-21)15-28(16-20-5-4-12-24-14-20)33(30,31)22-10-11-23(18(2)13-22)29-17-25-26-27-29/h4-14,17H,3,15-16H2,1-2H3. The molecule has 4 aromatic rings. The summed E-state index contributed by atoms with van der Waals surface area (Å²) >= 11 is 0. The van der Waals surface area contributed by atoms with Gasteiger partial charge < -0.3 is 4.74 Å². The number of aryl methyl sites for hydroxylation is 1. The van der Waals surface area contributed by atoms with E-state index in [9.17, 15) is 8.42 Å². The first-order valence-electron chi connectivity index (χ1n) is 10.4. The fourth-order valence-electron chi connectivity index (χ4n) is 3.45. The summed E-state index contributed by atoms with van der Waals surface area (Å²) in [7, 11) is -3.81. The highest BCUT2D eigenvalue weighted by molar-refractivity contribution is 7.89. The first-order valence-corrected chi connectivity index (χ1v) is 11.9. The molecule has 2 aromatic carbocycles. The Hall–Kier alpha value is -3.63. The van der Waals surface area contributed by atoms with Crippen LogP contribution in [0.1, 0.15) is 23.6 Å². The minimum absolute atomic E-state index is 0.192. The average molecular weight is 465 g/mol. The normalized spacial score (nSPS) is 11.6. The van der Waals surface area contributed by atoms with E-state index < -0.39 is 10.0 Å². The van der Waals surface area contributed by atoms with Crippen LogP contribution in [0, 0.1) is 6.92 Å². The van der Waals surface area contributed by atoms with Gasteiger partial charge in [0.05, 0.1) is 17.2 Å². The predicted octanol–water partition coefficient (Wildman–Crippen LogP) is 3.16. The smallest absolute Gasteiger partial charge is 0.243 e. The Morgan fingerprint density at radius 1 is 1.03 bits per heavy atom. The van der Waals surface area contributed by atoms with Crippen molar-refractivity contribution in [2.45, 2.75) is 31.8 Å². The highest BCUT2D eigenvalue weighted by atomic mass is 32.2. The Morgan fingerprint density at radius 3 is 2.45 bits per heavy atom. The van der Waals surface area contributed by atoms with Crippen molar-refractivity contribution in [2.24, 2.45) is 0 Å². The van der Waals surface area contributed by atoms with Gasteiger partial charge in [0, 0.05) is 25.5 Å². The molecule has 0 fully saturated rings. The zero-order chi connectivity index (χ0) is 23.3. The van der Waals surface area contributed by atoms with Gasteiger partial charge in [-0.25, -0.2) is 13.1 Å². The number of aromatic nitrogens is 5. The second kappa shape index (κ2) is 9.88. The van der Waals surface area contributed by atoms with Crippen molar-refractivity contribution in [1.82, 2.24) is 29.5 Å². The van der Waals surface area contributed by atoms with Crippen LogP contribution in [0.25, 0.3) is 5.69 Å². The number of nitrogens with zero attached hydrogens (tertiary/aromatic N) is 6. The molecule has 10 heteroatoms. The van der Waals surface area contributed by atoms with Crippen LogP contribution in [0.3, 0.4) is 0 Å². The van der Waals surface area contributed by atoms with E-state index in [-0.39, 0.29) is 18.0 Å². The van der Waals surface area contributed by atoms with E-state index in [2.05, 4.69) is 20.5 Å². The van der Waals surface area contributed by atoms with Crippen LogP contribution in [0.15, 0.2) is 78.2 Å². The molecule has 0 amide bonds. The van der Waals surface area contributed by atoms with Gasteiger partial charge in [-0.3, -0.25) is 4.98 Å². The van der Waals surface area contributed by atoms with Crippen molar-refractivity contribution >= 4 is 10.0 Å². The third kappa shape index (κ3) is 5.24. The SMILES string of the molecule is CCOc1ccc(CN(Cc2cccnc2)S(=O)(=O)c2ccc(-n3cnnn3)c(C)c2)cc1. The third-order valence-electron chi connectivity index (χ3n) is 5.08. The summed E-state index contributed by atoms with van der Waals surface area (Å²) in [5.41, 5.74) is 3.11. The Balaban J connectivity index is 1.66. The first kappa shape index (κ1) is 22.6. The minimum atomic E-state index is -3.81. The largest absolute Gasteiger partial charge is 0.494 e. The summed E-state index contributed by atoms with van der Waals surface area (Å²) in [5, 5.41) is 11.2. The highest BCUT2D eigenvalue weighted by Gasteiger charge is 2.26. The van der Waals surface area contributed by atoms with Gasteiger partial charge in [0.1, 0.15) is 12.1 Å². The van der Waals surface area contributed by atoms with Crippen molar-refractivity contribution in [3.63, 3.8) is 0 Å². The molecule has 0 bridgehead atoms. The van der Waals surface area contributed by atoms with Crippen molar-refractivity contribution in [3.8, 4) is 11.4 Å². The van der Waals surface area contributed by atoms with Gasteiger partial charge >= 0.3 is 0 Å². The summed E-state index contributed by atoms with van der Waals surface area (Å²) in [6.07, 6.45) is 4.81. The third-order valence-corrected chi connectivity index (χ3v) is 6.86. The van der Waals surface area contributed by atoms with E-state index in [0.717, 1.165) is 22.4 Å². The maximum Gasteiger partial charge on any atom is 0.243 e. The number of ether oxygens (including phenoxy) is 1. The molecule has 2 heterocycles. The molecule has 0 saturated carbocycles. The lowest BCUT2D eigenvalue weighted by Crippen LogP contribution is -2.30. The van der Waals surface area contributed by atoms with E-state index in [0.29, 0.717) is 12.3 Å². The lowest BCUT2D eigenvalue weighted by Gasteiger charge is -2.23. The van der Waals surface area contributed by atoms with E-state index in [1.54, 1.807) is 36.7 Å². The molecule has 2 aromatic heterocycles. The van der Waals surface area contributed by atoms with E-state index in [1.807, 2.05) is 44.2 Å². The number of sulfonamides is 1. The molecular weight excluding hydrogens is 440 g/mol. The topological polar surface area (TPSA) is 103 Å². The summed E-state index contributed by atoms with van der Waals surface area (Å²) in [6.45, 7) is 4.71. The maximum absolute atomic E-state index is 13.7. The van der Waals surface area contributed by atoms with E-state index in [4.69, 9.17) is 4.74 Å². The lowest BCUT2D eigenvalue weighted by molar-refractivity contribution is 0.340. The highest BCUT2D eigenvalue weighted by Crippen LogP contribution is 2.25. The van der Waals surface area contributed by atoms with Gasteiger partial charge in [0.2, 0.25) is 10.0 Å². The lowest BCUT2D eigenvalue weighted by atomic mass is 10.2. The molecule has 0 unspecified atom stereocenters. The van der Waals surface area contributed by atoms with Crippen LogP contribution in [-0.2, 0) is 23.1 Å². The first-order chi connectivity index (χ1) is 16.0. The van der Waals surface area contributed by atoms with Gasteiger partial charge in [-0.1, -0.05) is 18.2 Å². The number of tetrazole rings is 1. The molecule has 0 aliphatic carbocycles. The Kier molecular flexibility index (Phi) is 6.76. The minimum Gasteiger partial charge on any atom is -0.494 e. The number of hydrogen-bond acceptors (Lipinski definition) is 7. The molecule has 0 radical (unpaired) electrons. The quantitative estimate of drug-likeness (QED) is 0.375. The van der Waals surface area contributed by atoms with Crippen molar-refractivity contribution < 1.29 is 13.2 Å². The van der Waals surface area contributed by atoms with Crippen molar-refractivity contribution in [2.75, 3.05) is 6.61 Å². The Morgan fingerprint density at radius 2 is 1.82 bits per heavy atom. The molecule has 0 spiro atoms. The summed E-state index contributed by atoms with van der Waals surface area (Å²) in [4.78, 5) is 4.33. The van der Waals surface area contributed by atoms with Gasteiger partial charge in [0.15, 0.2) is 0 Å². The fourth-order valence-corrected chi connectivity index (χ4v) is 4.95. The predicted molar refractivity (Wildman–Crippen MR) is 122 cm³/mol. The second-order valence-corrected chi connectivity index (χ2v) is 9.35. The van der Waals surface area contributed by atoms with Crippen molar-refractivity contribution in [3.05, 3.63) is 90.0 Å². The fraction of sp³-hybridized carbons (Fsp3) is 0.217. The Labute approximate surface area is 192 Å².